The Morgan fingerprint density at radius 1 is 0.824 bits per heavy atom. The number of hydrogen-bond donors (Lipinski definition) is 1. The van der Waals surface area contributed by atoms with Crippen molar-refractivity contribution in [1.82, 2.24) is 0 Å². The van der Waals surface area contributed by atoms with Gasteiger partial charge in [-0.2, -0.15) is 0 Å². The molecule has 7 atom stereocenters. The van der Waals surface area contributed by atoms with Gasteiger partial charge in [0.15, 0.2) is 12.4 Å². The molecule has 0 aliphatic carbocycles. The number of fused-ring (bicyclic) bond motifs is 3. The maximum absolute atomic E-state index is 15.1. The van der Waals surface area contributed by atoms with E-state index in [1.807, 2.05) is 48.5 Å². The van der Waals surface area contributed by atoms with Gasteiger partial charge in [0, 0.05) is 25.8 Å². The van der Waals surface area contributed by atoms with Gasteiger partial charge in [-0.1, -0.05) is 60.7 Å². The highest BCUT2D eigenvalue weighted by Crippen LogP contribution is 2.62. The lowest BCUT2D eigenvalue weighted by molar-refractivity contribution is -0.392. The van der Waals surface area contributed by atoms with Crippen LogP contribution < -0.4 is 0 Å². The highest BCUT2D eigenvalue weighted by atomic mass is 16.8. The predicted octanol–water partition coefficient (Wildman–Crippen LogP) is 4.22. The van der Waals surface area contributed by atoms with Crippen LogP contribution in [0.5, 0.6) is 0 Å². The van der Waals surface area contributed by atoms with E-state index in [4.69, 9.17) is 37.9 Å². The zero-order chi connectivity index (χ0) is 37.2. The summed E-state index contributed by atoms with van der Waals surface area (Å²) >= 11 is 0. The summed E-state index contributed by atoms with van der Waals surface area (Å²) in [6.07, 6.45) is -5.45. The van der Waals surface area contributed by atoms with E-state index in [1.54, 1.807) is 53.7 Å². The first kappa shape index (κ1) is 38.3. The van der Waals surface area contributed by atoms with Crippen molar-refractivity contribution in [3.05, 3.63) is 83.6 Å². The van der Waals surface area contributed by atoms with E-state index >= 15 is 4.79 Å². The molecule has 276 valence electrons. The molecule has 0 aromatic heterocycles. The second kappa shape index (κ2) is 14.6. The largest absolute Gasteiger partial charge is 0.458 e. The molecule has 2 saturated heterocycles. The molecule has 0 amide bonds. The van der Waals surface area contributed by atoms with E-state index in [1.165, 1.54) is 0 Å². The maximum atomic E-state index is 15.1. The summed E-state index contributed by atoms with van der Waals surface area (Å²) in [5.41, 5.74) is -6.01. The third kappa shape index (κ3) is 7.64. The van der Waals surface area contributed by atoms with Crippen LogP contribution in [0.15, 0.2) is 72.5 Å². The summed E-state index contributed by atoms with van der Waals surface area (Å²) in [5, 5.41) is 11.1. The van der Waals surface area contributed by atoms with E-state index in [9.17, 15) is 19.5 Å². The number of esters is 3. The Hall–Kier alpha value is -3.98. The van der Waals surface area contributed by atoms with Crippen LogP contribution in [0.2, 0.25) is 0 Å². The van der Waals surface area contributed by atoms with Crippen molar-refractivity contribution in [2.75, 3.05) is 0 Å². The van der Waals surface area contributed by atoms with Gasteiger partial charge in [0.2, 0.25) is 17.0 Å². The second-order valence-electron chi connectivity index (χ2n) is 14.7. The maximum Gasteiger partial charge on any atom is 0.345 e. The molecule has 1 unspecified atom stereocenters. The zero-order valence-electron chi connectivity index (χ0n) is 29.9. The molecule has 2 aromatic rings. The monoisotopic (exact) mass is 710 g/mol. The summed E-state index contributed by atoms with van der Waals surface area (Å²) < 4.78 is 50.4. The van der Waals surface area contributed by atoms with Crippen molar-refractivity contribution in [2.45, 2.75) is 127 Å². The van der Waals surface area contributed by atoms with Crippen molar-refractivity contribution in [3.8, 4) is 0 Å². The molecule has 3 aliphatic rings. The fraction of sp³-hybridized carbons (Fsp3) is 0.526. The van der Waals surface area contributed by atoms with Crippen LogP contribution in [0.4, 0.5) is 0 Å². The molecule has 13 nitrogen and oxygen atoms in total. The number of ether oxygens (including phenoxy) is 8. The highest BCUT2D eigenvalue weighted by molar-refractivity contribution is 5.90. The molecule has 5 rings (SSSR count). The summed E-state index contributed by atoms with van der Waals surface area (Å²) in [5.74, 6) is -5.54. The summed E-state index contributed by atoms with van der Waals surface area (Å²) in [6, 6.07) is 18.2. The average Bonchev–Trinajstić information content (AvgIpc) is 3.49. The topological polar surface area (TPSA) is 162 Å². The van der Waals surface area contributed by atoms with Gasteiger partial charge < -0.3 is 47.8 Å². The molecule has 3 aliphatic heterocycles. The van der Waals surface area contributed by atoms with Crippen molar-refractivity contribution >= 4 is 24.2 Å². The molecule has 0 saturated carbocycles. The quantitative estimate of drug-likeness (QED) is 0.190. The Morgan fingerprint density at radius 3 is 1.88 bits per heavy atom. The standard InChI is InChI=1S/C38H46O13/c1-24(40)46-27-21-28(41)47-37(27)31(32(42)49-34(2,3)4)48-36(19-14-20-39)29(44-22-25-15-10-8-11-16-25)30(45-23-26-17-12-9-13-18-26)38(37,51-36)33(43)50-35(5,6)7/h8-13,15-18,20-21,28-31,41H,14,19,22-23H2,1-7H3/t28?,29-,30-,31-,36+,37+,38+/m1/s1. The molecule has 2 bridgehead atoms. The van der Waals surface area contributed by atoms with E-state index in [-0.39, 0.29) is 26.1 Å². The van der Waals surface area contributed by atoms with Crippen molar-refractivity contribution in [3.63, 3.8) is 0 Å². The summed E-state index contributed by atoms with van der Waals surface area (Å²) in [7, 11) is 0. The first-order chi connectivity index (χ1) is 24.0. The predicted molar refractivity (Wildman–Crippen MR) is 178 cm³/mol. The third-order valence-corrected chi connectivity index (χ3v) is 8.38. The van der Waals surface area contributed by atoms with Crippen molar-refractivity contribution in [1.29, 1.82) is 0 Å². The van der Waals surface area contributed by atoms with Gasteiger partial charge in [0.1, 0.15) is 35.5 Å². The molecule has 13 heteroatoms. The highest BCUT2D eigenvalue weighted by Gasteiger charge is 2.87. The molecular weight excluding hydrogens is 664 g/mol. The molecule has 2 aromatic carbocycles. The van der Waals surface area contributed by atoms with Gasteiger partial charge in [0.05, 0.1) is 13.2 Å². The number of benzene rings is 2. The van der Waals surface area contributed by atoms with E-state index in [0.717, 1.165) is 18.6 Å². The smallest absolute Gasteiger partial charge is 0.345 e. The van der Waals surface area contributed by atoms with Gasteiger partial charge in [-0.15, -0.1) is 0 Å². The first-order valence-corrected chi connectivity index (χ1v) is 16.8. The second-order valence-corrected chi connectivity index (χ2v) is 14.7. The van der Waals surface area contributed by atoms with Crippen molar-refractivity contribution in [2.24, 2.45) is 0 Å². The van der Waals surface area contributed by atoms with Crippen LogP contribution in [0.25, 0.3) is 0 Å². The summed E-state index contributed by atoms with van der Waals surface area (Å²) in [4.78, 5) is 54.2. The van der Waals surface area contributed by atoms with Crippen LogP contribution in [-0.2, 0) is 70.3 Å². The number of carbonyl (C=O) groups is 4. The van der Waals surface area contributed by atoms with Crippen LogP contribution >= 0.6 is 0 Å². The van der Waals surface area contributed by atoms with Gasteiger partial charge in [-0.05, 0) is 52.7 Å². The SMILES string of the molecule is CC(=O)OC1=CC(O)O[C@]12[C@@H](C(=O)OC(C)(C)C)O[C@@]1(CCC=O)O[C@]2(C(=O)OC(C)(C)C)[C@H](OCc2ccccc2)[C@H]1OCc1ccccc1. The summed E-state index contributed by atoms with van der Waals surface area (Å²) in [6.45, 7) is 10.7. The molecule has 51 heavy (non-hydrogen) atoms. The van der Waals surface area contributed by atoms with E-state index in [2.05, 4.69) is 0 Å². The average molecular weight is 711 g/mol. The Morgan fingerprint density at radius 2 is 1.37 bits per heavy atom. The molecule has 1 spiro atoms. The molecule has 0 radical (unpaired) electrons. The van der Waals surface area contributed by atoms with Crippen LogP contribution in [0, 0.1) is 0 Å². The third-order valence-electron chi connectivity index (χ3n) is 8.38. The molecular formula is C38H46O13. The lowest BCUT2D eigenvalue weighted by atomic mass is 9.73. The van der Waals surface area contributed by atoms with Crippen LogP contribution in [0.1, 0.15) is 72.4 Å². The lowest BCUT2D eigenvalue weighted by Crippen LogP contribution is -2.77. The molecule has 3 heterocycles. The van der Waals surface area contributed by atoms with Gasteiger partial charge in [-0.25, -0.2) is 9.59 Å². The van der Waals surface area contributed by atoms with Crippen molar-refractivity contribution < 1.29 is 62.2 Å². The van der Waals surface area contributed by atoms with E-state index in [0.29, 0.717) is 11.8 Å². The van der Waals surface area contributed by atoms with Crippen LogP contribution in [-0.4, -0.2) is 82.1 Å². The van der Waals surface area contributed by atoms with E-state index < -0.39 is 76.5 Å². The number of carbonyl (C=O) groups excluding carboxylic acids is 4. The number of aldehydes is 1. The number of aliphatic hydroxyl groups is 1. The fourth-order valence-corrected chi connectivity index (χ4v) is 6.63. The molecule has 1 N–H and O–H groups in total. The van der Waals surface area contributed by atoms with Gasteiger partial charge in [0.25, 0.3) is 0 Å². The minimum Gasteiger partial charge on any atom is -0.458 e. The molecule has 2 fully saturated rings. The first-order valence-electron chi connectivity index (χ1n) is 16.8. The Labute approximate surface area is 297 Å². The number of aliphatic hydroxyl groups excluding tert-OH is 1. The minimum atomic E-state index is -2.60. The number of hydrogen-bond acceptors (Lipinski definition) is 13. The Kier molecular flexibility index (Phi) is 10.9. The van der Waals surface area contributed by atoms with Gasteiger partial charge >= 0.3 is 17.9 Å². The lowest BCUT2D eigenvalue weighted by Gasteiger charge is -2.53. The minimum absolute atomic E-state index is 0.0448. The Balaban J connectivity index is 1.82. The van der Waals surface area contributed by atoms with Crippen LogP contribution in [0.3, 0.4) is 0 Å². The fourth-order valence-electron chi connectivity index (χ4n) is 6.63. The van der Waals surface area contributed by atoms with Gasteiger partial charge in [-0.3, -0.25) is 4.79 Å². The Bertz CT molecular complexity index is 1610. The normalized spacial score (nSPS) is 30.1. The number of rotatable bonds is 12. The zero-order valence-corrected chi connectivity index (χ0v) is 29.9.